The molecule has 2 aromatic rings. The predicted octanol–water partition coefficient (Wildman–Crippen LogP) is 0.0112. The number of halogens is 1. The van der Waals surface area contributed by atoms with Crippen molar-refractivity contribution in [3.63, 3.8) is 0 Å². The molecule has 8 nitrogen and oxygen atoms in total. The van der Waals surface area contributed by atoms with Gasteiger partial charge in [-0.25, -0.2) is 9.78 Å². The van der Waals surface area contributed by atoms with Crippen LogP contribution >= 0.6 is 12.4 Å². The second-order valence-corrected chi connectivity index (χ2v) is 5.28. The Kier molecular flexibility index (Phi) is 5.54. The van der Waals surface area contributed by atoms with Crippen molar-refractivity contribution in [3.05, 3.63) is 27.2 Å². The summed E-state index contributed by atoms with van der Waals surface area (Å²) in [6.07, 6.45) is 2.07. The van der Waals surface area contributed by atoms with Gasteiger partial charge in [0.1, 0.15) is 0 Å². The van der Waals surface area contributed by atoms with Crippen LogP contribution in [0.5, 0.6) is 0 Å². The Bertz CT molecular complexity index is 814. The normalized spacial score (nSPS) is 12.0. The fourth-order valence-electron chi connectivity index (χ4n) is 2.20. The molecule has 22 heavy (non-hydrogen) atoms. The minimum absolute atomic E-state index is 0. The molecule has 0 aliphatic rings. The zero-order chi connectivity index (χ0) is 15.7. The Hall–Kier alpha value is -2.09. The smallest absolute Gasteiger partial charge is 0.332 e. The Morgan fingerprint density at radius 1 is 1.32 bits per heavy atom. The van der Waals surface area contributed by atoms with Crippen LogP contribution in [0.25, 0.3) is 11.2 Å². The summed E-state index contributed by atoms with van der Waals surface area (Å²) in [7, 11) is 3.05. The molecule has 0 aliphatic carbocycles. The molecule has 2 rings (SSSR count). The summed E-state index contributed by atoms with van der Waals surface area (Å²) in [6, 6.07) is 0.137. The molecule has 0 radical (unpaired) electrons. The van der Waals surface area contributed by atoms with E-state index >= 15 is 0 Å². The first kappa shape index (κ1) is 18.0. The van der Waals surface area contributed by atoms with Crippen molar-refractivity contribution in [2.75, 3.05) is 0 Å². The predicted molar refractivity (Wildman–Crippen MR) is 88.8 cm³/mol. The van der Waals surface area contributed by atoms with Crippen molar-refractivity contribution in [2.24, 2.45) is 24.8 Å². The summed E-state index contributed by atoms with van der Waals surface area (Å²) in [5, 5.41) is 0. The highest BCUT2D eigenvalue weighted by Gasteiger charge is 2.14. The number of fused-ring (bicyclic) bond motifs is 1. The highest BCUT2D eigenvalue weighted by molar-refractivity contribution is 5.85. The number of aliphatic imine (C=N–C) groups is 1. The maximum Gasteiger partial charge on any atom is 0.332 e. The van der Waals surface area contributed by atoms with Crippen LogP contribution < -0.4 is 17.0 Å². The van der Waals surface area contributed by atoms with Crippen LogP contribution in [-0.4, -0.2) is 30.6 Å². The summed E-state index contributed by atoms with van der Waals surface area (Å²) < 4.78 is 4.14. The van der Waals surface area contributed by atoms with Crippen LogP contribution in [0.4, 0.5) is 0 Å². The van der Waals surface area contributed by atoms with E-state index in [9.17, 15) is 9.59 Å². The maximum absolute atomic E-state index is 12.2. The van der Waals surface area contributed by atoms with E-state index in [0.29, 0.717) is 30.0 Å². The number of amidine groups is 1. The van der Waals surface area contributed by atoms with Gasteiger partial charge < -0.3 is 10.3 Å². The Morgan fingerprint density at radius 2 is 1.95 bits per heavy atom. The Labute approximate surface area is 133 Å². The molecule has 0 unspecified atom stereocenters. The fraction of sp³-hybridized carbons (Fsp3) is 0.538. The summed E-state index contributed by atoms with van der Waals surface area (Å²) in [6.45, 7) is 4.39. The van der Waals surface area contributed by atoms with Crippen LogP contribution in [0, 0.1) is 0 Å². The molecule has 2 aromatic heterocycles. The summed E-state index contributed by atoms with van der Waals surface area (Å²) >= 11 is 0. The van der Waals surface area contributed by atoms with Crippen LogP contribution in [0.15, 0.2) is 20.9 Å². The van der Waals surface area contributed by atoms with E-state index in [1.54, 1.807) is 17.9 Å². The monoisotopic (exact) mass is 328 g/mol. The molecule has 0 fully saturated rings. The summed E-state index contributed by atoms with van der Waals surface area (Å²) in [4.78, 5) is 32.5. The first-order valence-electron chi connectivity index (χ1n) is 6.76. The van der Waals surface area contributed by atoms with E-state index in [0.717, 1.165) is 4.57 Å². The summed E-state index contributed by atoms with van der Waals surface area (Å²) in [5.74, 6) is 0.536. The number of imidazole rings is 1. The van der Waals surface area contributed by atoms with Gasteiger partial charge in [-0.05, 0) is 13.8 Å². The second kappa shape index (κ2) is 6.78. The Morgan fingerprint density at radius 3 is 2.55 bits per heavy atom. The Balaban J connectivity index is 0.00000242. The zero-order valence-electron chi connectivity index (χ0n) is 13.1. The number of nitrogens with two attached hydrogens (primary N) is 1. The highest BCUT2D eigenvalue weighted by Crippen LogP contribution is 2.06. The van der Waals surface area contributed by atoms with Crippen molar-refractivity contribution >= 4 is 29.4 Å². The van der Waals surface area contributed by atoms with Gasteiger partial charge in [-0.3, -0.25) is 18.9 Å². The molecule has 122 valence electrons. The van der Waals surface area contributed by atoms with Crippen molar-refractivity contribution in [2.45, 2.75) is 32.9 Å². The van der Waals surface area contributed by atoms with E-state index in [-0.39, 0.29) is 24.0 Å². The van der Waals surface area contributed by atoms with E-state index in [1.807, 2.05) is 13.8 Å². The SMILES string of the molecule is CC(C)N=C(N)CCn1cnc2c1c(=O)n(C)c(=O)n2C.Cl. The minimum atomic E-state index is -0.390. The highest BCUT2D eigenvalue weighted by atomic mass is 35.5. The number of aromatic nitrogens is 4. The lowest BCUT2D eigenvalue weighted by Gasteiger charge is -2.07. The third-order valence-electron chi connectivity index (χ3n) is 3.25. The van der Waals surface area contributed by atoms with Gasteiger partial charge in [-0.2, -0.15) is 0 Å². The molecule has 2 heterocycles. The van der Waals surface area contributed by atoms with Crippen LogP contribution in [0.3, 0.4) is 0 Å². The number of hydrogen-bond acceptors (Lipinski definition) is 4. The van der Waals surface area contributed by atoms with Gasteiger partial charge >= 0.3 is 5.69 Å². The van der Waals surface area contributed by atoms with Crippen molar-refractivity contribution in [1.82, 2.24) is 18.7 Å². The van der Waals surface area contributed by atoms with E-state index in [1.165, 1.54) is 11.6 Å². The lowest BCUT2D eigenvalue weighted by atomic mass is 10.3. The molecule has 0 spiro atoms. The van der Waals surface area contributed by atoms with Crippen LogP contribution in [-0.2, 0) is 20.6 Å². The van der Waals surface area contributed by atoms with Gasteiger partial charge in [0.25, 0.3) is 5.56 Å². The molecule has 0 saturated heterocycles. The van der Waals surface area contributed by atoms with Gasteiger partial charge in [0.2, 0.25) is 0 Å². The van der Waals surface area contributed by atoms with Gasteiger partial charge in [0, 0.05) is 33.1 Å². The fourth-order valence-corrected chi connectivity index (χ4v) is 2.20. The number of hydrogen-bond donors (Lipinski definition) is 1. The number of nitrogens with zero attached hydrogens (tertiary/aromatic N) is 5. The van der Waals surface area contributed by atoms with Crippen molar-refractivity contribution < 1.29 is 0 Å². The van der Waals surface area contributed by atoms with Gasteiger partial charge in [-0.15, -0.1) is 12.4 Å². The topological polar surface area (TPSA) is 100 Å². The average Bonchev–Trinajstić information content (AvgIpc) is 2.83. The zero-order valence-corrected chi connectivity index (χ0v) is 13.9. The first-order chi connectivity index (χ1) is 9.82. The molecule has 0 atom stereocenters. The van der Waals surface area contributed by atoms with Crippen LogP contribution in [0.2, 0.25) is 0 Å². The number of rotatable bonds is 4. The third-order valence-corrected chi connectivity index (χ3v) is 3.25. The molecule has 9 heteroatoms. The molecular formula is C13H21ClN6O2. The minimum Gasteiger partial charge on any atom is -0.387 e. The summed E-state index contributed by atoms with van der Waals surface area (Å²) in [5.41, 5.74) is 5.87. The molecule has 0 amide bonds. The van der Waals surface area contributed by atoms with Crippen molar-refractivity contribution in [1.29, 1.82) is 0 Å². The molecule has 0 bridgehead atoms. The lowest BCUT2D eigenvalue weighted by Crippen LogP contribution is -2.37. The largest absolute Gasteiger partial charge is 0.387 e. The van der Waals surface area contributed by atoms with E-state index in [2.05, 4.69) is 9.98 Å². The molecule has 0 saturated carbocycles. The van der Waals surface area contributed by atoms with Crippen LogP contribution in [0.1, 0.15) is 20.3 Å². The molecule has 0 aromatic carbocycles. The lowest BCUT2D eigenvalue weighted by molar-refractivity contribution is 0.692. The molecule has 2 N–H and O–H groups in total. The van der Waals surface area contributed by atoms with E-state index in [4.69, 9.17) is 5.73 Å². The molecule has 0 aliphatic heterocycles. The third kappa shape index (κ3) is 3.22. The second-order valence-electron chi connectivity index (χ2n) is 5.28. The van der Waals surface area contributed by atoms with Gasteiger partial charge in [0.15, 0.2) is 11.2 Å². The standard InChI is InChI=1S/C13H20N6O2.ClH/c1-8(2)16-9(14)5-6-19-7-15-11-10(19)12(20)18(4)13(21)17(11)3;/h7-8H,5-6H2,1-4H3,(H2,14,16);1H. The first-order valence-corrected chi connectivity index (χ1v) is 6.76. The number of aryl methyl sites for hydroxylation is 2. The maximum atomic E-state index is 12.2. The quantitative estimate of drug-likeness (QED) is 0.631. The van der Waals surface area contributed by atoms with Gasteiger partial charge in [0.05, 0.1) is 12.2 Å². The average molecular weight is 329 g/mol. The molecular weight excluding hydrogens is 308 g/mol. The van der Waals surface area contributed by atoms with Crippen molar-refractivity contribution in [3.8, 4) is 0 Å². The van der Waals surface area contributed by atoms with E-state index < -0.39 is 5.69 Å². The van der Waals surface area contributed by atoms with Gasteiger partial charge in [-0.1, -0.05) is 0 Å².